The van der Waals surface area contributed by atoms with Gasteiger partial charge in [0.05, 0.1) is 5.39 Å². The van der Waals surface area contributed by atoms with Crippen LogP contribution in [0.2, 0.25) is 0 Å². The zero-order valence-corrected chi connectivity index (χ0v) is 13.8. The van der Waals surface area contributed by atoms with E-state index in [2.05, 4.69) is 35.9 Å². The zero-order valence-electron chi connectivity index (χ0n) is 12.2. The predicted octanol–water partition coefficient (Wildman–Crippen LogP) is 1.18. The Bertz CT molecular complexity index is 697. The number of hydrogen-bond donors (Lipinski definition) is 0. The third-order valence-electron chi connectivity index (χ3n) is 3.81. The normalized spacial score (nSPS) is 18.5. The zero-order chi connectivity index (χ0) is 15.1. The Morgan fingerprint density at radius 1 is 1.43 bits per heavy atom. The first-order valence-corrected chi connectivity index (χ1v) is 7.61. The number of carbonyl (C=O) groups is 1. The fourth-order valence-corrected chi connectivity index (χ4v) is 3.41. The highest BCUT2D eigenvalue weighted by atomic mass is 79.9. The number of rotatable bonds is 2. The van der Waals surface area contributed by atoms with E-state index < -0.39 is 0 Å². The molecular weight excluding hydrogens is 336 g/mol. The first-order valence-electron chi connectivity index (χ1n) is 6.81. The van der Waals surface area contributed by atoms with Crippen molar-refractivity contribution in [1.82, 2.24) is 24.6 Å². The van der Waals surface area contributed by atoms with Crippen molar-refractivity contribution in [2.24, 2.45) is 7.05 Å². The number of hydrogen-bond acceptors (Lipinski definition) is 5. The molecule has 3 rings (SSSR count). The highest BCUT2D eigenvalue weighted by molar-refractivity contribution is 9.10. The van der Waals surface area contributed by atoms with E-state index in [0.29, 0.717) is 4.60 Å². The minimum absolute atomic E-state index is 0.110. The SMILES string of the molecule is CN(C)C(=O)[C@@H]1CCCN1c1ncnc2c1c(Br)nn2C. The van der Waals surface area contributed by atoms with Gasteiger partial charge in [0, 0.05) is 27.7 Å². The average molecular weight is 353 g/mol. The van der Waals surface area contributed by atoms with Crippen molar-refractivity contribution in [3.05, 3.63) is 10.9 Å². The van der Waals surface area contributed by atoms with E-state index in [1.807, 2.05) is 7.05 Å². The second-order valence-electron chi connectivity index (χ2n) is 5.39. The topological polar surface area (TPSA) is 67.2 Å². The molecule has 8 heteroatoms. The predicted molar refractivity (Wildman–Crippen MR) is 83.1 cm³/mol. The Labute approximate surface area is 131 Å². The van der Waals surface area contributed by atoms with E-state index in [0.717, 1.165) is 36.2 Å². The smallest absolute Gasteiger partial charge is 0.244 e. The van der Waals surface area contributed by atoms with E-state index >= 15 is 0 Å². The molecule has 0 saturated carbocycles. The van der Waals surface area contributed by atoms with E-state index in [9.17, 15) is 4.79 Å². The highest BCUT2D eigenvalue weighted by Gasteiger charge is 2.34. The second kappa shape index (κ2) is 5.25. The van der Waals surface area contributed by atoms with Gasteiger partial charge in [-0.05, 0) is 28.8 Å². The molecule has 0 N–H and O–H groups in total. The summed E-state index contributed by atoms with van der Waals surface area (Å²) in [6.07, 6.45) is 3.36. The summed E-state index contributed by atoms with van der Waals surface area (Å²) in [7, 11) is 5.42. The molecule has 2 aromatic heterocycles. The maximum atomic E-state index is 12.4. The van der Waals surface area contributed by atoms with Crippen LogP contribution in [0.25, 0.3) is 11.0 Å². The molecule has 0 bridgehead atoms. The van der Waals surface area contributed by atoms with Crippen LogP contribution in [0, 0.1) is 0 Å². The van der Waals surface area contributed by atoms with Crippen molar-refractivity contribution in [3.8, 4) is 0 Å². The molecule has 21 heavy (non-hydrogen) atoms. The van der Waals surface area contributed by atoms with Gasteiger partial charge in [0.2, 0.25) is 5.91 Å². The van der Waals surface area contributed by atoms with Gasteiger partial charge in [-0.2, -0.15) is 5.10 Å². The summed E-state index contributed by atoms with van der Waals surface area (Å²) in [5.41, 5.74) is 0.759. The number of aryl methyl sites for hydroxylation is 1. The van der Waals surface area contributed by atoms with Gasteiger partial charge >= 0.3 is 0 Å². The van der Waals surface area contributed by atoms with E-state index in [1.165, 1.54) is 6.33 Å². The van der Waals surface area contributed by atoms with Gasteiger partial charge in [0.1, 0.15) is 22.8 Å². The molecule has 3 heterocycles. The molecule has 0 aromatic carbocycles. The molecular formula is C13H17BrN6O. The Balaban J connectivity index is 2.09. The Morgan fingerprint density at radius 2 is 2.19 bits per heavy atom. The van der Waals surface area contributed by atoms with Gasteiger partial charge in [-0.3, -0.25) is 4.79 Å². The summed E-state index contributed by atoms with van der Waals surface area (Å²) >= 11 is 3.47. The Morgan fingerprint density at radius 3 is 2.90 bits per heavy atom. The fraction of sp³-hybridized carbons (Fsp3) is 0.538. The van der Waals surface area contributed by atoms with Crippen molar-refractivity contribution in [3.63, 3.8) is 0 Å². The number of carbonyl (C=O) groups excluding carboxylic acids is 1. The monoisotopic (exact) mass is 352 g/mol. The van der Waals surface area contributed by atoms with Crippen LogP contribution in [0.4, 0.5) is 5.82 Å². The minimum Gasteiger partial charge on any atom is -0.347 e. The maximum absolute atomic E-state index is 12.4. The molecule has 2 aromatic rings. The number of halogens is 1. The standard InChI is InChI=1S/C13H17BrN6O/c1-18(2)13(21)8-5-4-6-20(8)12-9-10(14)17-19(3)11(9)15-7-16-12/h7-8H,4-6H2,1-3H3/t8-/m0/s1. The number of fused-ring (bicyclic) bond motifs is 1. The van der Waals surface area contributed by atoms with Crippen molar-refractivity contribution < 1.29 is 4.79 Å². The highest BCUT2D eigenvalue weighted by Crippen LogP contribution is 2.33. The molecule has 0 spiro atoms. The summed E-state index contributed by atoms with van der Waals surface area (Å²) in [5.74, 6) is 0.886. The largest absolute Gasteiger partial charge is 0.347 e. The van der Waals surface area contributed by atoms with Crippen LogP contribution in [0.1, 0.15) is 12.8 Å². The number of anilines is 1. The van der Waals surface area contributed by atoms with Crippen molar-refractivity contribution in [2.75, 3.05) is 25.5 Å². The van der Waals surface area contributed by atoms with Crippen LogP contribution in [-0.4, -0.2) is 57.2 Å². The lowest BCUT2D eigenvalue weighted by atomic mass is 10.2. The number of aromatic nitrogens is 4. The lowest BCUT2D eigenvalue weighted by Gasteiger charge is -2.27. The van der Waals surface area contributed by atoms with Crippen LogP contribution in [0.15, 0.2) is 10.9 Å². The van der Waals surface area contributed by atoms with Gasteiger partial charge in [0.25, 0.3) is 0 Å². The third-order valence-corrected chi connectivity index (χ3v) is 4.36. The average Bonchev–Trinajstić information content (AvgIpc) is 3.04. The number of nitrogens with zero attached hydrogens (tertiary/aromatic N) is 6. The maximum Gasteiger partial charge on any atom is 0.244 e. The number of amides is 1. The minimum atomic E-state index is -0.162. The molecule has 1 saturated heterocycles. The molecule has 7 nitrogen and oxygen atoms in total. The first kappa shape index (κ1) is 14.2. The lowest BCUT2D eigenvalue weighted by molar-refractivity contribution is -0.129. The van der Waals surface area contributed by atoms with Gasteiger partial charge in [0.15, 0.2) is 5.65 Å². The summed E-state index contributed by atoms with van der Waals surface area (Å²) in [4.78, 5) is 24.8. The Hall–Kier alpha value is -1.70. The lowest BCUT2D eigenvalue weighted by Crippen LogP contribution is -2.43. The van der Waals surface area contributed by atoms with E-state index in [1.54, 1.807) is 23.7 Å². The number of likely N-dealkylation sites (N-methyl/N-ethyl adjacent to an activating group) is 1. The molecule has 0 aliphatic carbocycles. The van der Waals surface area contributed by atoms with E-state index in [-0.39, 0.29) is 11.9 Å². The molecule has 112 valence electrons. The summed E-state index contributed by atoms with van der Waals surface area (Å²) < 4.78 is 2.42. The van der Waals surface area contributed by atoms with Crippen molar-refractivity contribution in [1.29, 1.82) is 0 Å². The summed E-state index contributed by atoms with van der Waals surface area (Å²) in [6.45, 7) is 0.817. The molecule has 0 unspecified atom stereocenters. The van der Waals surface area contributed by atoms with Gasteiger partial charge in [-0.1, -0.05) is 0 Å². The van der Waals surface area contributed by atoms with E-state index in [4.69, 9.17) is 0 Å². The van der Waals surface area contributed by atoms with Gasteiger partial charge < -0.3 is 9.80 Å². The fourth-order valence-electron chi connectivity index (χ4n) is 2.82. The first-order chi connectivity index (χ1) is 10.0. The van der Waals surface area contributed by atoms with Crippen molar-refractivity contribution in [2.45, 2.75) is 18.9 Å². The second-order valence-corrected chi connectivity index (χ2v) is 6.15. The van der Waals surface area contributed by atoms with Crippen LogP contribution in [0.5, 0.6) is 0 Å². The molecule has 0 radical (unpaired) electrons. The third kappa shape index (κ3) is 2.27. The summed E-state index contributed by atoms with van der Waals surface area (Å²) in [5, 5.41) is 5.20. The van der Waals surface area contributed by atoms with Crippen LogP contribution in [-0.2, 0) is 11.8 Å². The molecule has 1 aliphatic heterocycles. The van der Waals surface area contributed by atoms with Crippen LogP contribution >= 0.6 is 15.9 Å². The van der Waals surface area contributed by atoms with Crippen LogP contribution < -0.4 is 4.90 Å². The van der Waals surface area contributed by atoms with Gasteiger partial charge in [-0.25, -0.2) is 14.6 Å². The van der Waals surface area contributed by atoms with Crippen molar-refractivity contribution >= 4 is 38.7 Å². The Kier molecular flexibility index (Phi) is 3.56. The molecule has 1 amide bonds. The quantitative estimate of drug-likeness (QED) is 0.811. The van der Waals surface area contributed by atoms with Crippen LogP contribution in [0.3, 0.4) is 0 Å². The van der Waals surface area contributed by atoms with Gasteiger partial charge in [-0.15, -0.1) is 0 Å². The molecule has 1 atom stereocenters. The molecule has 1 fully saturated rings. The summed E-state index contributed by atoms with van der Waals surface area (Å²) in [6, 6.07) is -0.162. The molecule has 1 aliphatic rings.